The Bertz CT molecular complexity index is 956. The molecule has 0 aliphatic rings. The first-order valence-electron chi connectivity index (χ1n) is 7.84. The van der Waals surface area contributed by atoms with Gasteiger partial charge in [0.25, 0.3) is 5.89 Å². The first-order valence-corrected chi connectivity index (χ1v) is 7.84. The number of ether oxygens (including phenoxy) is 1. The third-order valence-electron chi connectivity index (χ3n) is 3.70. The Labute approximate surface area is 154 Å². The van der Waals surface area contributed by atoms with Crippen molar-refractivity contribution in [1.82, 2.24) is 15.1 Å². The average Bonchev–Trinajstić information content (AvgIpc) is 3.16. The highest BCUT2D eigenvalue weighted by Crippen LogP contribution is 2.24. The topological polar surface area (TPSA) is 142 Å². The van der Waals surface area contributed by atoms with Crippen molar-refractivity contribution in [2.75, 3.05) is 24.5 Å². The van der Waals surface area contributed by atoms with Crippen LogP contribution in [0.15, 0.2) is 52.8 Å². The van der Waals surface area contributed by atoms with Crippen molar-refractivity contribution < 1.29 is 13.7 Å². The number of methoxy groups -OCH3 is 1. The summed E-state index contributed by atoms with van der Waals surface area (Å²) in [6, 6.07) is 9.31. The summed E-state index contributed by atoms with van der Waals surface area (Å²) < 4.78 is 24.4. The van der Waals surface area contributed by atoms with Gasteiger partial charge in [0.2, 0.25) is 5.82 Å². The van der Waals surface area contributed by atoms with E-state index in [9.17, 15) is 4.39 Å². The molecule has 2 heterocycles. The summed E-state index contributed by atoms with van der Waals surface area (Å²) in [6.07, 6.45) is 1.51. The molecule has 6 N–H and O–H groups in total. The Morgan fingerprint density at radius 3 is 2.70 bits per heavy atom. The van der Waals surface area contributed by atoms with Gasteiger partial charge >= 0.3 is 0 Å². The Morgan fingerprint density at radius 1 is 1.26 bits per heavy atom. The average molecular weight is 371 g/mol. The van der Waals surface area contributed by atoms with E-state index in [1.54, 1.807) is 24.3 Å². The molecule has 0 fully saturated rings. The van der Waals surface area contributed by atoms with Crippen LogP contribution in [0, 0.1) is 5.82 Å². The first kappa shape index (κ1) is 18.3. The quantitative estimate of drug-likeness (QED) is 0.434. The van der Waals surface area contributed by atoms with Crippen LogP contribution >= 0.6 is 0 Å². The molecule has 0 amide bonds. The summed E-state index contributed by atoms with van der Waals surface area (Å²) in [4.78, 5) is 8.21. The molecule has 0 aliphatic heterocycles. The van der Waals surface area contributed by atoms with Crippen molar-refractivity contribution in [2.24, 2.45) is 11.6 Å². The lowest BCUT2D eigenvalue weighted by molar-refractivity contribution is 0.223. The first-order chi connectivity index (χ1) is 13.0. The number of hydrogen-bond acceptors (Lipinski definition) is 9. The van der Waals surface area contributed by atoms with Gasteiger partial charge < -0.3 is 20.7 Å². The van der Waals surface area contributed by atoms with Gasteiger partial charge in [-0.3, -0.25) is 5.01 Å². The maximum atomic E-state index is 14.1. The van der Waals surface area contributed by atoms with Crippen LogP contribution in [0.5, 0.6) is 0 Å². The lowest BCUT2D eigenvalue weighted by atomic mass is 10.2. The highest BCUT2D eigenvalue weighted by Gasteiger charge is 2.20. The normalized spacial score (nSPS) is 12.0. The second kappa shape index (κ2) is 7.81. The van der Waals surface area contributed by atoms with Crippen LogP contribution in [0.2, 0.25) is 0 Å². The molecule has 3 rings (SSSR count). The Hall–Kier alpha value is -3.50. The van der Waals surface area contributed by atoms with Gasteiger partial charge in [-0.05, 0) is 24.3 Å². The lowest BCUT2D eigenvalue weighted by Gasteiger charge is -2.23. The van der Waals surface area contributed by atoms with E-state index < -0.39 is 5.82 Å². The number of nitrogens with zero attached hydrogens (tertiary/aromatic N) is 4. The fourth-order valence-electron chi connectivity index (χ4n) is 2.32. The number of nitrogens with two attached hydrogens (primary N) is 3. The highest BCUT2D eigenvalue weighted by molar-refractivity contribution is 5.67. The van der Waals surface area contributed by atoms with Crippen molar-refractivity contribution in [2.45, 2.75) is 0 Å². The predicted octanol–water partition coefficient (Wildman–Crippen LogP) is 1.51. The van der Waals surface area contributed by atoms with E-state index in [-0.39, 0.29) is 35.4 Å². The minimum atomic E-state index is -0.513. The number of hydrazine groups is 1. The third kappa shape index (κ3) is 3.86. The number of benzene rings is 1. The molecule has 0 saturated heterocycles. The van der Waals surface area contributed by atoms with E-state index in [0.29, 0.717) is 11.4 Å². The van der Waals surface area contributed by atoms with Crippen molar-refractivity contribution >= 4 is 17.2 Å². The van der Waals surface area contributed by atoms with Gasteiger partial charge in [-0.2, -0.15) is 4.98 Å². The van der Waals surface area contributed by atoms with Crippen LogP contribution < -0.4 is 22.3 Å². The summed E-state index contributed by atoms with van der Waals surface area (Å²) >= 11 is 0. The summed E-state index contributed by atoms with van der Waals surface area (Å²) in [5.41, 5.74) is 12.8. The van der Waals surface area contributed by atoms with Crippen molar-refractivity contribution in [3.05, 3.63) is 60.0 Å². The SMILES string of the molecule is COC/C(=C(/N)c1nc(-c2ccc(N)nc2)no1)N(N)c1ccccc1F. The zero-order valence-corrected chi connectivity index (χ0v) is 14.5. The van der Waals surface area contributed by atoms with Gasteiger partial charge in [0.15, 0.2) is 0 Å². The van der Waals surface area contributed by atoms with E-state index in [1.165, 1.54) is 25.4 Å². The van der Waals surface area contributed by atoms with Crippen LogP contribution in [-0.2, 0) is 4.74 Å². The summed E-state index contributed by atoms with van der Waals surface area (Å²) in [5, 5.41) is 4.96. The number of anilines is 2. The Morgan fingerprint density at radius 2 is 2.04 bits per heavy atom. The van der Waals surface area contributed by atoms with Crippen LogP contribution in [-0.4, -0.2) is 28.8 Å². The van der Waals surface area contributed by atoms with Crippen LogP contribution in [0.25, 0.3) is 17.1 Å². The van der Waals surface area contributed by atoms with E-state index in [4.69, 9.17) is 26.6 Å². The van der Waals surface area contributed by atoms with Crippen LogP contribution in [0.1, 0.15) is 5.89 Å². The van der Waals surface area contributed by atoms with Crippen molar-refractivity contribution in [3.8, 4) is 11.4 Å². The number of pyridine rings is 1. The monoisotopic (exact) mass is 371 g/mol. The van der Waals surface area contributed by atoms with Gasteiger partial charge in [0.05, 0.1) is 18.0 Å². The summed E-state index contributed by atoms with van der Waals surface area (Å²) in [7, 11) is 1.46. The number of halogens is 1. The van der Waals surface area contributed by atoms with E-state index in [0.717, 1.165) is 5.01 Å². The van der Waals surface area contributed by atoms with Gasteiger partial charge in [0.1, 0.15) is 17.3 Å². The van der Waals surface area contributed by atoms with E-state index >= 15 is 0 Å². The molecule has 0 aliphatic carbocycles. The molecule has 0 radical (unpaired) electrons. The molecule has 0 saturated carbocycles. The maximum absolute atomic E-state index is 14.1. The maximum Gasteiger partial charge on any atom is 0.276 e. The molecule has 0 unspecified atom stereocenters. The molecular weight excluding hydrogens is 353 g/mol. The van der Waals surface area contributed by atoms with Crippen LogP contribution in [0.3, 0.4) is 0 Å². The molecule has 9 nitrogen and oxygen atoms in total. The van der Waals surface area contributed by atoms with E-state index in [2.05, 4.69) is 15.1 Å². The summed E-state index contributed by atoms with van der Waals surface area (Å²) in [5.74, 6) is 6.20. The molecule has 10 heteroatoms. The molecule has 27 heavy (non-hydrogen) atoms. The second-order valence-electron chi connectivity index (χ2n) is 5.51. The van der Waals surface area contributed by atoms with Gasteiger partial charge in [-0.25, -0.2) is 15.2 Å². The van der Waals surface area contributed by atoms with Crippen LogP contribution in [0.4, 0.5) is 15.9 Å². The molecule has 140 valence electrons. The number of para-hydroxylation sites is 1. The zero-order valence-electron chi connectivity index (χ0n) is 14.5. The summed E-state index contributed by atoms with van der Waals surface area (Å²) in [6.45, 7) is -0.00218. The minimum absolute atomic E-state index is 0.00218. The number of rotatable bonds is 6. The van der Waals surface area contributed by atoms with Crippen molar-refractivity contribution in [3.63, 3.8) is 0 Å². The lowest BCUT2D eigenvalue weighted by Crippen LogP contribution is -2.35. The van der Waals surface area contributed by atoms with Gasteiger partial charge in [-0.15, -0.1) is 0 Å². The fraction of sp³-hybridized carbons (Fsp3) is 0.118. The smallest absolute Gasteiger partial charge is 0.276 e. The molecule has 1 aromatic carbocycles. The zero-order chi connectivity index (χ0) is 19.4. The third-order valence-corrected chi connectivity index (χ3v) is 3.70. The number of hydrogen-bond donors (Lipinski definition) is 3. The molecule has 0 atom stereocenters. The van der Waals surface area contributed by atoms with Gasteiger partial charge in [0, 0.05) is 18.9 Å². The molecule has 3 aromatic rings. The largest absolute Gasteiger partial charge is 0.393 e. The molecule has 2 aromatic heterocycles. The highest BCUT2D eigenvalue weighted by atomic mass is 19.1. The Balaban J connectivity index is 1.98. The molecule has 0 spiro atoms. The predicted molar refractivity (Wildman–Crippen MR) is 98.0 cm³/mol. The molecule has 0 bridgehead atoms. The Kier molecular flexibility index (Phi) is 5.29. The number of aromatic nitrogens is 3. The standard InChI is InChI=1S/C17H18FN7O2/c1-26-9-13(25(21)12-5-3-2-4-11(12)18)15(20)17-23-16(24-27-17)10-6-7-14(19)22-8-10/h2-8H,9,20-21H2,1H3,(H2,19,22)/b15-13-. The number of nitrogen functional groups attached to an aromatic ring is 1. The molecular formula is C17H18FN7O2. The van der Waals surface area contributed by atoms with E-state index in [1.807, 2.05) is 0 Å². The fourth-order valence-corrected chi connectivity index (χ4v) is 2.32. The van der Waals surface area contributed by atoms with Crippen molar-refractivity contribution in [1.29, 1.82) is 0 Å². The van der Waals surface area contributed by atoms with Gasteiger partial charge in [-0.1, -0.05) is 17.3 Å². The minimum Gasteiger partial charge on any atom is -0.393 e. The second-order valence-corrected chi connectivity index (χ2v) is 5.51.